The van der Waals surface area contributed by atoms with Crippen molar-refractivity contribution in [2.24, 2.45) is 0 Å². The molecule has 0 aromatic heterocycles. The van der Waals surface area contributed by atoms with Gasteiger partial charge < -0.3 is 5.11 Å². The number of aromatic hydroxyl groups is 1. The maximum atomic E-state index is 9.46. The van der Waals surface area contributed by atoms with Gasteiger partial charge in [0.2, 0.25) is 0 Å². The van der Waals surface area contributed by atoms with Gasteiger partial charge in [-0.3, -0.25) is 0 Å². The predicted molar refractivity (Wildman–Crippen MR) is 58.6 cm³/mol. The van der Waals surface area contributed by atoms with Crippen LogP contribution in [0.25, 0.3) is 0 Å². The van der Waals surface area contributed by atoms with Gasteiger partial charge in [0.05, 0.1) is 0 Å². The van der Waals surface area contributed by atoms with Crippen molar-refractivity contribution in [1.82, 2.24) is 0 Å². The average molecular weight is 322 g/mol. The Labute approximate surface area is 101 Å². The van der Waals surface area contributed by atoms with Gasteiger partial charge in [-0.25, -0.2) is 0 Å². The molecule has 0 aliphatic heterocycles. The summed E-state index contributed by atoms with van der Waals surface area (Å²) < 4.78 is 0. The van der Waals surface area contributed by atoms with Crippen molar-refractivity contribution in [1.29, 1.82) is 0 Å². The molecule has 1 nitrogen and oxygen atoms in total. The van der Waals surface area contributed by atoms with E-state index >= 15 is 0 Å². The first-order valence-electron chi connectivity index (χ1n) is 4.17. The van der Waals surface area contributed by atoms with Crippen molar-refractivity contribution >= 4 is 19.4 Å². The van der Waals surface area contributed by atoms with Gasteiger partial charge >= 0.3 is 34.5 Å². The van der Waals surface area contributed by atoms with E-state index in [2.05, 4.69) is 13.8 Å². The Morgan fingerprint density at radius 1 is 1.29 bits per heavy atom. The summed E-state index contributed by atoms with van der Waals surface area (Å²) in [4.78, 5) is 0. The molecule has 0 saturated heterocycles. The summed E-state index contributed by atoms with van der Waals surface area (Å²) in [5.74, 6) is 0.815. The predicted octanol–water partition coefficient (Wildman–Crippen LogP) is 4.20. The van der Waals surface area contributed by atoms with E-state index in [9.17, 15) is 5.11 Å². The first kappa shape index (κ1) is 14.2. The van der Waals surface area contributed by atoms with Gasteiger partial charge in [-0.15, -0.1) is 0 Å². The number of phenolic OH excluding ortho intramolecular Hbond substituents is 1. The molecule has 1 aromatic rings. The van der Waals surface area contributed by atoms with Gasteiger partial charge in [0.15, 0.2) is 0 Å². The van der Waals surface area contributed by atoms with Crippen LogP contribution in [-0.2, 0) is 15.1 Å². The fraction of sp³-hybridized carbons (Fsp3) is 0.400. The van der Waals surface area contributed by atoms with Crippen molar-refractivity contribution in [2.45, 2.75) is 26.7 Å². The van der Waals surface area contributed by atoms with Gasteiger partial charge in [-0.2, -0.15) is 0 Å². The van der Waals surface area contributed by atoms with Crippen LogP contribution < -0.4 is 0 Å². The number of benzene rings is 1. The third kappa shape index (κ3) is 5.19. The van der Waals surface area contributed by atoms with Crippen molar-refractivity contribution in [3.63, 3.8) is 0 Å². The number of hydrogen-bond donors (Lipinski definition) is 1. The van der Waals surface area contributed by atoms with Crippen LogP contribution >= 0.6 is 19.4 Å². The van der Waals surface area contributed by atoms with Crippen LogP contribution in [0, 0.1) is 6.92 Å². The fourth-order valence-corrected chi connectivity index (χ4v) is 1.14. The fourth-order valence-electron chi connectivity index (χ4n) is 1.14. The van der Waals surface area contributed by atoms with E-state index in [1.807, 2.05) is 19.1 Å². The molecule has 0 heterocycles. The van der Waals surface area contributed by atoms with Gasteiger partial charge in [0.1, 0.15) is 5.75 Å². The molecule has 1 N–H and O–H groups in total. The molecule has 0 aliphatic carbocycles. The first-order valence-corrected chi connectivity index (χ1v) is 8.65. The van der Waals surface area contributed by atoms with Crippen LogP contribution in [-0.4, -0.2) is 5.11 Å². The molecule has 0 saturated carbocycles. The maximum absolute atomic E-state index is 9.46. The van der Waals surface area contributed by atoms with Crippen LogP contribution in [0.5, 0.6) is 5.75 Å². The van der Waals surface area contributed by atoms with Gasteiger partial charge in [-0.1, -0.05) is 26.0 Å². The molecule has 4 heteroatoms. The Morgan fingerprint density at radius 3 is 2.14 bits per heavy atom. The molecule has 1 aromatic carbocycles. The molecule has 0 atom stereocenters. The van der Waals surface area contributed by atoms with E-state index in [1.54, 1.807) is 6.07 Å². The Balaban J connectivity index is 0.000000500. The molecule has 1 rings (SSSR count). The molecule has 0 fully saturated rings. The Kier molecular flexibility index (Phi) is 7.63. The number of hydrogen-bond acceptors (Lipinski definition) is 1. The van der Waals surface area contributed by atoms with Crippen LogP contribution in [0.2, 0.25) is 0 Å². The zero-order valence-corrected chi connectivity index (χ0v) is 11.6. The number of rotatable bonds is 1. The summed E-state index contributed by atoms with van der Waals surface area (Å²) in [6.45, 7) is 6.12. The zero-order chi connectivity index (χ0) is 11.1. The molecule has 0 unspecified atom stereocenters. The van der Waals surface area contributed by atoms with Gasteiger partial charge in [-0.05, 0) is 30.0 Å². The molecule has 0 spiro atoms. The summed E-state index contributed by atoms with van der Waals surface area (Å²) in [7, 11) is 9.71. The van der Waals surface area contributed by atoms with Crippen molar-refractivity contribution in [2.75, 3.05) is 0 Å². The molecule has 0 radical (unpaired) electrons. The monoisotopic (exact) mass is 322 g/mol. The second-order valence-corrected chi connectivity index (χ2v) is 5.91. The van der Waals surface area contributed by atoms with Crippen LogP contribution in [0.1, 0.15) is 30.9 Å². The molecular formula is C10H14Cl2ORu. The quantitative estimate of drug-likeness (QED) is 0.768. The first-order chi connectivity index (χ1) is 6.52. The molecule has 0 aliphatic rings. The van der Waals surface area contributed by atoms with Crippen molar-refractivity contribution in [3.05, 3.63) is 29.3 Å². The summed E-state index contributed by atoms with van der Waals surface area (Å²) >= 11 is -0.346. The number of aryl methyl sites for hydroxylation is 1. The summed E-state index contributed by atoms with van der Waals surface area (Å²) in [6.07, 6.45) is 0. The summed E-state index contributed by atoms with van der Waals surface area (Å²) in [5.41, 5.74) is 2.13. The van der Waals surface area contributed by atoms with Gasteiger partial charge in [0, 0.05) is 0 Å². The number of phenols is 1. The normalized spacial score (nSPS) is 9.86. The Hall–Kier alpha value is 0.223. The van der Waals surface area contributed by atoms with Crippen LogP contribution in [0.4, 0.5) is 0 Å². The van der Waals surface area contributed by atoms with Crippen LogP contribution in [0.3, 0.4) is 0 Å². The third-order valence-electron chi connectivity index (χ3n) is 1.81. The summed E-state index contributed by atoms with van der Waals surface area (Å²) in [5, 5.41) is 9.46. The summed E-state index contributed by atoms with van der Waals surface area (Å²) in [6, 6.07) is 5.81. The van der Waals surface area contributed by atoms with Crippen molar-refractivity contribution < 1.29 is 20.3 Å². The second kappa shape index (κ2) is 7.51. The van der Waals surface area contributed by atoms with Crippen LogP contribution in [0.15, 0.2) is 18.2 Å². The minimum absolute atomic E-state index is 0.346. The second-order valence-electron chi connectivity index (χ2n) is 3.27. The molecule has 0 amide bonds. The molecular weight excluding hydrogens is 308 g/mol. The number of halogens is 2. The molecule has 82 valence electrons. The standard InChI is InChI=1S/C10H14O.2ClH.Ru/c1-7(2)9-5-4-8(3)6-10(9)11;;;/h4-7,11H,1-3H3;2*1H;/q;;;+2/p-2. The Bertz CT molecular complexity index is 277. The zero-order valence-electron chi connectivity index (χ0n) is 8.37. The van der Waals surface area contributed by atoms with E-state index in [0.29, 0.717) is 11.7 Å². The van der Waals surface area contributed by atoms with E-state index in [4.69, 9.17) is 19.4 Å². The minimum atomic E-state index is -0.346. The van der Waals surface area contributed by atoms with Gasteiger partial charge in [0.25, 0.3) is 0 Å². The molecule has 14 heavy (non-hydrogen) atoms. The topological polar surface area (TPSA) is 20.2 Å². The Morgan fingerprint density at radius 2 is 1.79 bits per heavy atom. The average Bonchev–Trinajstić information content (AvgIpc) is 2.04. The third-order valence-corrected chi connectivity index (χ3v) is 1.81. The SMILES string of the molecule is Cc1ccc(C(C)C)c(O)c1.[Cl][Ru][Cl]. The van der Waals surface area contributed by atoms with E-state index in [0.717, 1.165) is 11.1 Å². The van der Waals surface area contributed by atoms with E-state index in [-0.39, 0.29) is 15.1 Å². The van der Waals surface area contributed by atoms with E-state index in [1.165, 1.54) is 0 Å². The van der Waals surface area contributed by atoms with Crippen molar-refractivity contribution in [3.8, 4) is 5.75 Å². The van der Waals surface area contributed by atoms with E-state index < -0.39 is 0 Å². The molecule has 0 bridgehead atoms.